The number of pyridine rings is 1. The number of rotatable bonds is 4. The van der Waals surface area contributed by atoms with Crippen molar-refractivity contribution >= 4 is 11.9 Å². The number of benzene rings is 1. The van der Waals surface area contributed by atoms with Crippen LogP contribution in [-0.2, 0) is 4.79 Å². The van der Waals surface area contributed by atoms with Crippen molar-refractivity contribution in [2.24, 2.45) is 0 Å². The second-order valence-corrected chi connectivity index (χ2v) is 5.76. The van der Waals surface area contributed by atoms with E-state index in [-0.39, 0.29) is 5.91 Å². The van der Waals surface area contributed by atoms with E-state index < -0.39 is 17.9 Å². The molecule has 1 aromatic carbocycles. The maximum atomic E-state index is 12.9. The number of carbonyl (C=O) groups excluding carboxylic acids is 1. The van der Waals surface area contributed by atoms with Gasteiger partial charge in [-0.2, -0.15) is 0 Å². The van der Waals surface area contributed by atoms with E-state index in [1.165, 1.54) is 25.2 Å². The third-order valence-corrected chi connectivity index (χ3v) is 4.47. The number of nitrogens with zero attached hydrogens (tertiary/aromatic N) is 2. The Morgan fingerprint density at radius 2 is 1.92 bits per heavy atom. The molecule has 0 fully saturated rings. The molecule has 0 bridgehead atoms. The second-order valence-electron chi connectivity index (χ2n) is 5.76. The van der Waals surface area contributed by atoms with E-state index in [9.17, 15) is 14.7 Å². The lowest BCUT2D eigenvalue weighted by atomic mass is 9.80. The van der Waals surface area contributed by atoms with E-state index in [0.29, 0.717) is 28.2 Å². The average molecular weight is 342 g/mol. The molecule has 25 heavy (non-hydrogen) atoms. The average Bonchev–Trinajstić information content (AvgIpc) is 2.63. The maximum Gasteiger partial charge on any atom is 0.313 e. The summed E-state index contributed by atoms with van der Waals surface area (Å²) in [6.45, 7) is 0. The summed E-state index contributed by atoms with van der Waals surface area (Å²) in [6, 6.07) is 5.92. The first-order chi connectivity index (χ1) is 12.0. The van der Waals surface area contributed by atoms with E-state index in [1.807, 2.05) is 0 Å². The molecule has 0 aliphatic carbocycles. The summed E-state index contributed by atoms with van der Waals surface area (Å²) in [5.74, 6) is -1.48. The Labute approximate surface area is 144 Å². The monoisotopic (exact) mass is 342 g/mol. The van der Waals surface area contributed by atoms with Gasteiger partial charge in [0.25, 0.3) is 5.91 Å². The van der Waals surface area contributed by atoms with Gasteiger partial charge >= 0.3 is 5.97 Å². The summed E-state index contributed by atoms with van der Waals surface area (Å²) in [7, 11) is 4.53. The van der Waals surface area contributed by atoms with Crippen LogP contribution in [0, 0.1) is 0 Å². The van der Waals surface area contributed by atoms with Gasteiger partial charge in [0, 0.05) is 25.0 Å². The van der Waals surface area contributed by atoms with Crippen LogP contribution in [0.15, 0.2) is 36.7 Å². The number of amides is 1. The Morgan fingerprint density at radius 1 is 1.24 bits per heavy atom. The number of methoxy groups -OCH3 is 2. The molecular formula is C18H18N2O5. The number of aliphatic carboxylic acids is 1. The number of hydrogen-bond acceptors (Lipinski definition) is 5. The lowest BCUT2D eigenvalue weighted by Crippen LogP contribution is -2.42. The van der Waals surface area contributed by atoms with Crippen molar-refractivity contribution in [3.8, 4) is 11.5 Å². The number of carbonyl (C=O) groups is 2. The fourth-order valence-electron chi connectivity index (χ4n) is 3.28. The van der Waals surface area contributed by atoms with Gasteiger partial charge in [-0.05, 0) is 29.3 Å². The first kappa shape index (κ1) is 16.8. The normalized spacial score (nSPS) is 19.3. The molecule has 3 rings (SSSR count). The standard InChI is InChI=1S/C18H18N2O5/c1-20-16(10-5-4-6-19-9-10)15(18(22)23)11-7-13(24-2)14(25-3)8-12(11)17(20)21/h4-9,15-16H,1-3H3,(H,22,23)/t15-,16-/m0/s1. The van der Waals surface area contributed by atoms with Crippen LogP contribution in [0.3, 0.4) is 0 Å². The molecule has 7 nitrogen and oxygen atoms in total. The minimum absolute atomic E-state index is 0.276. The molecule has 2 aromatic rings. The van der Waals surface area contributed by atoms with Crippen LogP contribution >= 0.6 is 0 Å². The first-order valence-electron chi connectivity index (χ1n) is 7.65. The molecule has 2 heterocycles. The van der Waals surface area contributed by atoms with Crippen LogP contribution in [0.4, 0.5) is 0 Å². The number of aromatic nitrogens is 1. The van der Waals surface area contributed by atoms with Crippen molar-refractivity contribution in [2.45, 2.75) is 12.0 Å². The molecule has 2 atom stereocenters. The third kappa shape index (κ3) is 2.67. The van der Waals surface area contributed by atoms with Crippen LogP contribution in [0.2, 0.25) is 0 Å². The van der Waals surface area contributed by atoms with Crippen LogP contribution in [-0.4, -0.2) is 48.1 Å². The zero-order valence-electron chi connectivity index (χ0n) is 14.1. The zero-order valence-corrected chi connectivity index (χ0v) is 14.1. The third-order valence-electron chi connectivity index (χ3n) is 4.47. The number of carboxylic acids is 1. The Balaban J connectivity index is 2.24. The van der Waals surface area contributed by atoms with Crippen molar-refractivity contribution in [3.63, 3.8) is 0 Å². The highest BCUT2D eigenvalue weighted by atomic mass is 16.5. The molecule has 7 heteroatoms. The number of hydrogen-bond donors (Lipinski definition) is 1. The Kier molecular flexibility index (Phi) is 4.31. The molecule has 0 unspecified atom stereocenters. The van der Waals surface area contributed by atoms with Gasteiger partial charge < -0.3 is 19.5 Å². The molecule has 0 saturated carbocycles. The summed E-state index contributed by atoms with van der Waals surface area (Å²) >= 11 is 0. The van der Waals surface area contributed by atoms with Crippen LogP contribution in [0.5, 0.6) is 11.5 Å². The van der Waals surface area contributed by atoms with Crippen molar-refractivity contribution in [1.82, 2.24) is 9.88 Å². The summed E-state index contributed by atoms with van der Waals surface area (Å²) in [5, 5.41) is 9.88. The first-order valence-corrected chi connectivity index (χ1v) is 7.65. The molecule has 1 aliphatic rings. The largest absolute Gasteiger partial charge is 0.493 e. The minimum atomic E-state index is -1.03. The van der Waals surface area contributed by atoms with Crippen molar-refractivity contribution in [3.05, 3.63) is 53.3 Å². The van der Waals surface area contributed by atoms with E-state index in [1.54, 1.807) is 37.6 Å². The molecule has 0 spiro atoms. The lowest BCUT2D eigenvalue weighted by molar-refractivity contribution is -0.140. The Morgan fingerprint density at radius 3 is 2.48 bits per heavy atom. The van der Waals surface area contributed by atoms with E-state index in [4.69, 9.17) is 9.47 Å². The predicted molar refractivity (Wildman–Crippen MR) is 89.0 cm³/mol. The van der Waals surface area contributed by atoms with Crippen molar-refractivity contribution < 1.29 is 24.2 Å². The SMILES string of the molecule is COc1cc2c(cc1OC)[C@H](C(=O)O)[C@H](c1cccnc1)N(C)C2=O. The highest BCUT2D eigenvalue weighted by molar-refractivity contribution is 6.01. The summed E-state index contributed by atoms with van der Waals surface area (Å²) in [5.41, 5.74) is 1.36. The predicted octanol–water partition coefficient (Wildman–Crippen LogP) is 2.09. The van der Waals surface area contributed by atoms with E-state index in [2.05, 4.69) is 4.98 Å². The fourth-order valence-corrected chi connectivity index (χ4v) is 3.28. The molecule has 1 aliphatic heterocycles. The molecule has 1 N–H and O–H groups in total. The number of fused-ring (bicyclic) bond motifs is 1. The second kappa shape index (κ2) is 6.43. The van der Waals surface area contributed by atoms with Crippen LogP contribution in [0.1, 0.15) is 33.4 Å². The molecule has 1 amide bonds. The van der Waals surface area contributed by atoms with Crippen LogP contribution < -0.4 is 9.47 Å². The van der Waals surface area contributed by atoms with Crippen molar-refractivity contribution in [2.75, 3.05) is 21.3 Å². The smallest absolute Gasteiger partial charge is 0.313 e. The number of carboxylic acid groups (broad SMARTS) is 1. The summed E-state index contributed by atoms with van der Waals surface area (Å²) < 4.78 is 10.5. The molecular weight excluding hydrogens is 324 g/mol. The lowest BCUT2D eigenvalue weighted by Gasteiger charge is -2.38. The molecule has 1 aromatic heterocycles. The minimum Gasteiger partial charge on any atom is -0.493 e. The van der Waals surface area contributed by atoms with E-state index >= 15 is 0 Å². The Hall–Kier alpha value is -3.09. The molecule has 0 radical (unpaired) electrons. The van der Waals surface area contributed by atoms with Gasteiger partial charge in [0.1, 0.15) is 5.92 Å². The fraction of sp³-hybridized carbons (Fsp3) is 0.278. The van der Waals surface area contributed by atoms with Gasteiger partial charge in [-0.3, -0.25) is 14.6 Å². The highest BCUT2D eigenvalue weighted by Crippen LogP contribution is 2.45. The Bertz CT molecular complexity index is 822. The van der Waals surface area contributed by atoms with Crippen molar-refractivity contribution in [1.29, 1.82) is 0 Å². The van der Waals surface area contributed by atoms with Gasteiger partial charge in [-0.25, -0.2) is 0 Å². The molecule has 130 valence electrons. The summed E-state index contributed by atoms with van der Waals surface area (Å²) in [4.78, 5) is 30.4. The summed E-state index contributed by atoms with van der Waals surface area (Å²) in [6.07, 6.45) is 3.18. The van der Waals surface area contributed by atoms with Gasteiger partial charge in [-0.15, -0.1) is 0 Å². The van der Waals surface area contributed by atoms with Gasteiger partial charge in [0.2, 0.25) is 0 Å². The van der Waals surface area contributed by atoms with Gasteiger partial charge in [0.05, 0.1) is 20.3 Å². The van der Waals surface area contributed by atoms with Gasteiger partial charge in [0.15, 0.2) is 11.5 Å². The zero-order chi connectivity index (χ0) is 18.1. The number of likely N-dealkylation sites (N-methyl/N-ethyl adjacent to an activating group) is 1. The quantitative estimate of drug-likeness (QED) is 0.915. The van der Waals surface area contributed by atoms with Gasteiger partial charge in [-0.1, -0.05) is 6.07 Å². The van der Waals surface area contributed by atoms with E-state index in [0.717, 1.165) is 0 Å². The maximum absolute atomic E-state index is 12.9. The highest BCUT2D eigenvalue weighted by Gasteiger charge is 2.43. The topological polar surface area (TPSA) is 89.0 Å². The number of ether oxygens (including phenoxy) is 2. The van der Waals surface area contributed by atoms with Crippen LogP contribution in [0.25, 0.3) is 0 Å². The molecule has 0 saturated heterocycles.